The number of carbonyl (C=O) groups excluding carboxylic acids is 2. The number of rotatable bonds is 4. The third-order valence-electron chi connectivity index (χ3n) is 2.23. The third-order valence-corrected chi connectivity index (χ3v) is 2.23. The monoisotopic (exact) mass is 205 g/mol. The van der Waals surface area contributed by atoms with Crippen LogP contribution in [0.3, 0.4) is 0 Å². The fourth-order valence-corrected chi connectivity index (χ4v) is 1.24. The average Bonchev–Trinajstić information content (AvgIpc) is 2.26. The minimum Gasteiger partial charge on any atom is -0.359 e. The molecule has 0 heterocycles. The number of ketones is 1. The first-order valence-corrected chi connectivity index (χ1v) is 4.94. The molecular formula is C12H15NO2. The van der Waals surface area contributed by atoms with Crippen molar-refractivity contribution >= 4 is 11.7 Å². The Morgan fingerprint density at radius 1 is 1.13 bits per heavy atom. The molecule has 0 saturated heterocycles. The first-order valence-electron chi connectivity index (χ1n) is 4.94. The second-order valence-electron chi connectivity index (χ2n) is 3.46. The van der Waals surface area contributed by atoms with Gasteiger partial charge in [-0.2, -0.15) is 0 Å². The zero-order valence-corrected chi connectivity index (χ0v) is 9.04. The number of hydrogen-bond donors (Lipinski definition) is 1. The van der Waals surface area contributed by atoms with E-state index in [9.17, 15) is 9.59 Å². The van der Waals surface area contributed by atoms with E-state index in [-0.39, 0.29) is 24.5 Å². The fourth-order valence-electron chi connectivity index (χ4n) is 1.24. The molecule has 1 N–H and O–H groups in total. The van der Waals surface area contributed by atoms with Crippen LogP contribution in [-0.4, -0.2) is 18.7 Å². The largest absolute Gasteiger partial charge is 0.359 e. The summed E-state index contributed by atoms with van der Waals surface area (Å²) in [7, 11) is 1.57. The Balaban J connectivity index is 2.54. The lowest BCUT2D eigenvalue weighted by Gasteiger charge is -2.01. The van der Waals surface area contributed by atoms with Crippen LogP contribution in [0.15, 0.2) is 24.3 Å². The normalized spacial score (nSPS) is 9.73. The molecule has 1 aromatic carbocycles. The molecule has 0 aliphatic rings. The smallest absolute Gasteiger partial charge is 0.220 e. The zero-order valence-electron chi connectivity index (χ0n) is 9.04. The van der Waals surface area contributed by atoms with Crippen molar-refractivity contribution in [2.75, 3.05) is 7.05 Å². The van der Waals surface area contributed by atoms with Gasteiger partial charge in [-0.3, -0.25) is 9.59 Å². The van der Waals surface area contributed by atoms with E-state index in [1.165, 1.54) is 0 Å². The van der Waals surface area contributed by atoms with Gasteiger partial charge in [0.1, 0.15) is 0 Å². The van der Waals surface area contributed by atoms with Gasteiger partial charge in [0, 0.05) is 25.5 Å². The van der Waals surface area contributed by atoms with Crippen LogP contribution in [-0.2, 0) is 4.79 Å². The highest BCUT2D eigenvalue weighted by Crippen LogP contribution is 2.07. The summed E-state index contributed by atoms with van der Waals surface area (Å²) in [6, 6.07) is 7.38. The van der Waals surface area contributed by atoms with Crippen LogP contribution in [0.1, 0.15) is 28.8 Å². The first kappa shape index (κ1) is 11.4. The molecule has 0 radical (unpaired) electrons. The van der Waals surface area contributed by atoms with E-state index >= 15 is 0 Å². The van der Waals surface area contributed by atoms with Crippen LogP contribution in [0.4, 0.5) is 0 Å². The maximum atomic E-state index is 11.6. The predicted molar refractivity (Wildman–Crippen MR) is 58.8 cm³/mol. The molecule has 0 spiro atoms. The van der Waals surface area contributed by atoms with Crippen LogP contribution in [0.25, 0.3) is 0 Å². The Hall–Kier alpha value is -1.64. The van der Waals surface area contributed by atoms with Gasteiger partial charge in [-0.25, -0.2) is 0 Å². The van der Waals surface area contributed by atoms with Crippen LogP contribution >= 0.6 is 0 Å². The van der Waals surface area contributed by atoms with Crippen LogP contribution in [0.5, 0.6) is 0 Å². The summed E-state index contributed by atoms with van der Waals surface area (Å²) in [6.45, 7) is 1.97. The Bertz CT molecular complexity index is 354. The number of aryl methyl sites for hydroxylation is 1. The summed E-state index contributed by atoms with van der Waals surface area (Å²) in [5.41, 5.74) is 1.79. The number of nitrogens with one attached hydrogen (secondary N) is 1. The molecule has 1 rings (SSSR count). The minimum absolute atomic E-state index is 0.0126. The summed E-state index contributed by atoms with van der Waals surface area (Å²) < 4.78 is 0. The number of hydrogen-bond acceptors (Lipinski definition) is 2. The summed E-state index contributed by atoms with van der Waals surface area (Å²) in [6.07, 6.45) is 0.520. The van der Waals surface area contributed by atoms with E-state index in [2.05, 4.69) is 5.32 Å². The third kappa shape index (κ3) is 3.54. The summed E-state index contributed by atoms with van der Waals surface area (Å²) in [5.74, 6) is -0.0888. The fraction of sp³-hybridized carbons (Fsp3) is 0.333. The topological polar surface area (TPSA) is 46.2 Å². The van der Waals surface area contributed by atoms with E-state index in [0.717, 1.165) is 5.56 Å². The Labute approximate surface area is 89.5 Å². The van der Waals surface area contributed by atoms with Crippen molar-refractivity contribution in [2.24, 2.45) is 0 Å². The minimum atomic E-state index is -0.101. The molecule has 0 aliphatic heterocycles. The molecule has 80 valence electrons. The van der Waals surface area contributed by atoms with E-state index in [1.807, 2.05) is 19.1 Å². The standard InChI is InChI=1S/C12H15NO2/c1-9-3-5-10(6-4-9)11(14)7-8-12(15)13-2/h3-6H,7-8H2,1-2H3,(H,13,15). The van der Waals surface area contributed by atoms with Crippen molar-refractivity contribution in [3.05, 3.63) is 35.4 Å². The number of benzene rings is 1. The van der Waals surface area contributed by atoms with Crippen molar-refractivity contribution in [3.8, 4) is 0 Å². The maximum absolute atomic E-state index is 11.6. The summed E-state index contributed by atoms with van der Waals surface area (Å²) in [4.78, 5) is 22.5. The van der Waals surface area contributed by atoms with Gasteiger partial charge in [-0.05, 0) is 6.92 Å². The van der Waals surface area contributed by atoms with Crippen molar-refractivity contribution < 1.29 is 9.59 Å². The molecule has 0 aliphatic carbocycles. The van der Waals surface area contributed by atoms with E-state index < -0.39 is 0 Å². The molecule has 0 aromatic heterocycles. The maximum Gasteiger partial charge on any atom is 0.220 e. The van der Waals surface area contributed by atoms with Gasteiger partial charge in [0.15, 0.2) is 5.78 Å². The highest BCUT2D eigenvalue weighted by molar-refractivity contribution is 5.97. The van der Waals surface area contributed by atoms with Crippen molar-refractivity contribution in [3.63, 3.8) is 0 Å². The number of carbonyl (C=O) groups is 2. The van der Waals surface area contributed by atoms with Gasteiger partial charge in [0.05, 0.1) is 0 Å². The second kappa shape index (κ2) is 5.29. The van der Waals surface area contributed by atoms with E-state index in [0.29, 0.717) is 5.56 Å². The molecule has 0 bridgehead atoms. The van der Waals surface area contributed by atoms with Gasteiger partial charge in [0.25, 0.3) is 0 Å². The number of Topliss-reactive ketones (excluding diaryl/α,β-unsaturated/α-hetero) is 1. The molecule has 3 heteroatoms. The SMILES string of the molecule is CNC(=O)CCC(=O)c1ccc(C)cc1. The highest BCUT2D eigenvalue weighted by Gasteiger charge is 2.07. The van der Waals surface area contributed by atoms with E-state index in [4.69, 9.17) is 0 Å². The van der Waals surface area contributed by atoms with Gasteiger partial charge < -0.3 is 5.32 Å². The Morgan fingerprint density at radius 3 is 2.27 bits per heavy atom. The molecular weight excluding hydrogens is 190 g/mol. The first-order chi connectivity index (χ1) is 7.13. The lowest BCUT2D eigenvalue weighted by molar-refractivity contribution is -0.120. The lowest BCUT2D eigenvalue weighted by Crippen LogP contribution is -2.18. The summed E-state index contributed by atoms with van der Waals surface area (Å²) >= 11 is 0. The molecule has 1 amide bonds. The number of amides is 1. The van der Waals surface area contributed by atoms with Gasteiger partial charge >= 0.3 is 0 Å². The predicted octanol–water partition coefficient (Wildman–Crippen LogP) is 1.70. The zero-order chi connectivity index (χ0) is 11.3. The molecule has 0 unspecified atom stereocenters. The summed E-state index contributed by atoms with van der Waals surface area (Å²) in [5, 5.41) is 2.49. The van der Waals surface area contributed by atoms with Crippen LogP contribution in [0.2, 0.25) is 0 Å². The van der Waals surface area contributed by atoms with Crippen LogP contribution in [0, 0.1) is 6.92 Å². The highest BCUT2D eigenvalue weighted by atomic mass is 16.2. The van der Waals surface area contributed by atoms with Gasteiger partial charge in [-0.15, -0.1) is 0 Å². The molecule has 0 fully saturated rings. The van der Waals surface area contributed by atoms with Crippen LogP contribution < -0.4 is 5.32 Å². The molecule has 3 nitrogen and oxygen atoms in total. The molecule has 0 atom stereocenters. The van der Waals surface area contributed by atoms with Gasteiger partial charge in [-0.1, -0.05) is 29.8 Å². The lowest BCUT2D eigenvalue weighted by atomic mass is 10.1. The molecule has 15 heavy (non-hydrogen) atoms. The molecule has 0 saturated carbocycles. The second-order valence-corrected chi connectivity index (χ2v) is 3.46. The van der Waals surface area contributed by atoms with Crippen molar-refractivity contribution in [2.45, 2.75) is 19.8 Å². The Morgan fingerprint density at radius 2 is 1.73 bits per heavy atom. The van der Waals surface area contributed by atoms with E-state index in [1.54, 1.807) is 19.2 Å². The molecule has 1 aromatic rings. The van der Waals surface area contributed by atoms with Gasteiger partial charge in [0.2, 0.25) is 5.91 Å². The van der Waals surface area contributed by atoms with Crippen molar-refractivity contribution in [1.82, 2.24) is 5.32 Å². The average molecular weight is 205 g/mol. The Kier molecular flexibility index (Phi) is 4.03. The quantitative estimate of drug-likeness (QED) is 0.760. The van der Waals surface area contributed by atoms with Crippen molar-refractivity contribution in [1.29, 1.82) is 0 Å².